The molecule has 0 saturated carbocycles. The van der Waals surface area contributed by atoms with Crippen LogP contribution in [-0.4, -0.2) is 49.9 Å². The molecule has 0 spiro atoms. The average molecular weight is 415 g/mol. The van der Waals surface area contributed by atoms with E-state index in [1.54, 1.807) is 0 Å². The maximum absolute atomic E-state index is 2.52. The van der Waals surface area contributed by atoms with Gasteiger partial charge in [-0.05, 0) is 32.0 Å². The van der Waals surface area contributed by atoms with Crippen molar-refractivity contribution < 1.29 is 4.40 Å². The summed E-state index contributed by atoms with van der Waals surface area (Å²) in [6.07, 6.45) is 2.12. The smallest absolute Gasteiger partial charge is 0.339 e. The Labute approximate surface area is 191 Å². The molecule has 0 amide bonds. The van der Waals surface area contributed by atoms with Crippen molar-refractivity contribution in [3.05, 3.63) is 65.1 Å². The van der Waals surface area contributed by atoms with Gasteiger partial charge in [-0.1, -0.05) is 49.9 Å². The molecule has 0 atom stereocenters. The molecule has 0 aliphatic rings. The van der Waals surface area contributed by atoms with Gasteiger partial charge in [-0.2, -0.15) is 5.56 Å². The molecular formula is C23H23N2Sr+. The molecule has 2 nitrogen and oxygen atoms in total. The fourth-order valence-electron chi connectivity index (χ4n) is 4.81. The van der Waals surface area contributed by atoms with Crippen molar-refractivity contribution in [3.63, 3.8) is 0 Å². The average Bonchev–Trinajstić information content (AvgIpc) is 2.92. The predicted molar refractivity (Wildman–Crippen MR) is 111 cm³/mol. The van der Waals surface area contributed by atoms with E-state index in [1.807, 2.05) is 0 Å². The molecule has 3 aromatic heterocycles. The largest absolute Gasteiger partial charge is 2.00 e. The molecule has 0 N–H and O–H groups in total. The van der Waals surface area contributed by atoms with Crippen LogP contribution in [0.1, 0.15) is 36.5 Å². The summed E-state index contributed by atoms with van der Waals surface area (Å²) in [5.41, 5.74) is 8.30. The predicted octanol–water partition coefficient (Wildman–Crippen LogP) is 4.78. The Kier molecular flexibility index (Phi) is 4.55. The summed E-state index contributed by atoms with van der Waals surface area (Å²) in [6, 6.07) is 15.6. The number of rotatable bonds is 2. The molecule has 0 radical (unpaired) electrons. The minimum atomic E-state index is 0. The van der Waals surface area contributed by atoms with Crippen molar-refractivity contribution in [1.82, 2.24) is 4.40 Å². The summed E-state index contributed by atoms with van der Waals surface area (Å²) in [5.74, 6) is 0. The topological polar surface area (TPSA) is 8.51 Å². The summed E-state index contributed by atoms with van der Waals surface area (Å²) in [6.45, 7) is 9.08. The van der Waals surface area contributed by atoms with Gasteiger partial charge < -0.3 is 4.40 Å². The molecule has 3 heteroatoms. The maximum Gasteiger partial charge on any atom is 2.00 e. The first-order valence-electron chi connectivity index (χ1n) is 9.28. The summed E-state index contributed by atoms with van der Waals surface area (Å²) >= 11 is 0. The van der Waals surface area contributed by atoms with E-state index in [1.165, 1.54) is 55.4 Å². The molecule has 26 heavy (non-hydrogen) atoms. The summed E-state index contributed by atoms with van der Waals surface area (Å²) in [5, 5.41) is 5.54. The van der Waals surface area contributed by atoms with E-state index in [0.29, 0.717) is 0 Å². The van der Waals surface area contributed by atoms with Crippen LogP contribution < -0.4 is 4.40 Å². The molecule has 3 heterocycles. The standard InChI is InChI=1S/C23H23N2.Sr/c1-5-16-18-11-9-12-19-17-10-7-8-13-21(17)25-15(4)14(3)24(20(16)6-2)23(25)22(18)19;/h7-13H,5-6H2,1-4H3;/q-1;+2. The van der Waals surface area contributed by atoms with Gasteiger partial charge in [-0.15, -0.1) is 11.5 Å². The van der Waals surface area contributed by atoms with E-state index in [0.717, 1.165) is 12.8 Å². The molecule has 0 bridgehead atoms. The van der Waals surface area contributed by atoms with Crippen molar-refractivity contribution in [2.45, 2.75) is 40.5 Å². The van der Waals surface area contributed by atoms with Crippen molar-refractivity contribution in [2.75, 3.05) is 0 Å². The first-order valence-corrected chi connectivity index (χ1v) is 9.28. The van der Waals surface area contributed by atoms with E-state index in [-0.39, 0.29) is 45.5 Å². The van der Waals surface area contributed by atoms with E-state index in [4.69, 9.17) is 0 Å². The second kappa shape index (κ2) is 6.49. The van der Waals surface area contributed by atoms with Crippen LogP contribution in [0.5, 0.6) is 0 Å². The Morgan fingerprint density at radius 1 is 0.923 bits per heavy atom. The monoisotopic (exact) mass is 415 g/mol. The van der Waals surface area contributed by atoms with E-state index < -0.39 is 0 Å². The van der Waals surface area contributed by atoms with E-state index in [2.05, 4.69) is 79.0 Å². The molecular weight excluding hydrogens is 392 g/mol. The number of hydrogen-bond donors (Lipinski definition) is 0. The Bertz CT molecular complexity index is 1280. The van der Waals surface area contributed by atoms with Crippen molar-refractivity contribution in [2.24, 2.45) is 0 Å². The van der Waals surface area contributed by atoms with Gasteiger partial charge in [0.25, 0.3) is 0 Å². The van der Waals surface area contributed by atoms with Gasteiger partial charge in [0.15, 0.2) is 5.65 Å². The fourth-order valence-corrected chi connectivity index (χ4v) is 4.81. The number of pyridine rings is 2. The Hall–Kier alpha value is -1.13. The van der Waals surface area contributed by atoms with Crippen LogP contribution in [-0.2, 0) is 12.8 Å². The zero-order valence-electron chi connectivity index (χ0n) is 16.1. The number of fused-ring (bicyclic) bond motifs is 3. The Balaban J connectivity index is 0.00000168. The van der Waals surface area contributed by atoms with Crippen LogP contribution in [0.3, 0.4) is 0 Å². The maximum atomic E-state index is 2.52. The number of imidazole rings is 1. The quantitative estimate of drug-likeness (QED) is 0.129. The van der Waals surface area contributed by atoms with Gasteiger partial charge in [-0.3, -0.25) is 4.40 Å². The molecule has 0 unspecified atom stereocenters. The molecule has 5 rings (SSSR count). The summed E-state index contributed by atoms with van der Waals surface area (Å²) in [4.78, 5) is 0. The van der Waals surface area contributed by atoms with Crippen molar-refractivity contribution in [1.29, 1.82) is 0 Å². The molecule has 126 valence electrons. The van der Waals surface area contributed by atoms with Crippen LogP contribution >= 0.6 is 0 Å². The van der Waals surface area contributed by atoms with Gasteiger partial charge in [0.1, 0.15) is 5.52 Å². The number of benzene rings is 2. The Morgan fingerprint density at radius 2 is 1.65 bits per heavy atom. The van der Waals surface area contributed by atoms with Gasteiger partial charge in [0.05, 0.1) is 11.4 Å². The third kappa shape index (κ3) is 2.12. The van der Waals surface area contributed by atoms with Crippen LogP contribution in [0, 0.1) is 13.8 Å². The Morgan fingerprint density at radius 3 is 2.38 bits per heavy atom. The number of hydrogen-bond acceptors (Lipinski definition) is 0. The number of aromatic nitrogens is 2. The van der Waals surface area contributed by atoms with E-state index in [9.17, 15) is 0 Å². The molecule has 2 aromatic carbocycles. The number of aryl methyl sites for hydroxylation is 4. The van der Waals surface area contributed by atoms with Gasteiger partial charge >= 0.3 is 45.5 Å². The SMILES string of the molecule is CC[c-]1c2cccc3c4ccccc4n4c(C)c(C)[n+](c4c32)[c-]1CC.[Sr+2]. The normalized spacial score (nSPS) is 11.8. The number of nitrogens with zero attached hydrogens (tertiary/aromatic N) is 2. The van der Waals surface area contributed by atoms with Crippen molar-refractivity contribution >= 4 is 78.2 Å². The molecule has 0 fully saturated rings. The minimum absolute atomic E-state index is 0. The summed E-state index contributed by atoms with van der Waals surface area (Å²) in [7, 11) is 0. The minimum Gasteiger partial charge on any atom is -0.339 e. The van der Waals surface area contributed by atoms with Crippen molar-refractivity contribution in [3.8, 4) is 0 Å². The zero-order valence-corrected chi connectivity index (χ0v) is 19.5. The molecule has 0 aliphatic heterocycles. The first kappa shape index (κ1) is 18.2. The fraction of sp³-hybridized carbons (Fsp3) is 0.261. The van der Waals surface area contributed by atoms with Gasteiger partial charge in [0.2, 0.25) is 0 Å². The third-order valence-corrected chi connectivity index (χ3v) is 5.97. The van der Waals surface area contributed by atoms with Crippen LogP contribution in [0.2, 0.25) is 0 Å². The molecule has 0 saturated heterocycles. The second-order valence-corrected chi connectivity index (χ2v) is 7.04. The molecule has 0 aliphatic carbocycles. The van der Waals surface area contributed by atoms with Gasteiger partial charge in [-0.25, -0.2) is 11.5 Å². The van der Waals surface area contributed by atoms with Gasteiger partial charge in [0, 0.05) is 5.39 Å². The van der Waals surface area contributed by atoms with Crippen LogP contribution in [0.25, 0.3) is 32.7 Å². The summed E-state index contributed by atoms with van der Waals surface area (Å²) < 4.78 is 4.99. The van der Waals surface area contributed by atoms with Crippen LogP contribution in [0.4, 0.5) is 0 Å². The second-order valence-electron chi connectivity index (χ2n) is 7.04. The van der Waals surface area contributed by atoms with Crippen LogP contribution in [0.15, 0.2) is 42.5 Å². The van der Waals surface area contributed by atoms with E-state index >= 15 is 0 Å². The molecule has 5 aromatic rings. The number of para-hydroxylation sites is 1. The zero-order chi connectivity index (χ0) is 17.3. The first-order chi connectivity index (χ1) is 12.2. The third-order valence-electron chi connectivity index (χ3n) is 5.97.